The number of amides is 2. The summed E-state index contributed by atoms with van der Waals surface area (Å²) in [6, 6.07) is 25.1. The summed E-state index contributed by atoms with van der Waals surface area (Å²) in [6.45, 7) is 0.393. The average Bonchev–Trinajstić information content (AvgIpc) is 2.92. The molecule has 1 heterocycles. The van der Waals surface area contributed by atoms with E-state index in [9.17, 15) is 9.59 Å². The summed E-state index contributed by atoms with van der Waals surface area (Å²) in [7, 11) is 0. The van der Waals surface area contributed by atoms with Crippen LogP contribution in [0.25, 0.3) is 11.1 Å². The van der Waals surface area contributed by atoms with Crippen LogP contribution in [0.3, 0.4) is 0 Å². The molecular formula is C22H17NO2. The lowest BCUT2D eigenvalue weighted by Crippen LogP contribution is -2.31. The van der Waals surface area contributed by atoms with Gasteiger partial charge in [-0.3, -0.25) is 14.5 Å². The van der Waals surface area contributed by atoms with Gasteiger partial charge in [0.05, 0.1) is 11.1 Å². The van der Waals surface area contributed by atoms with Crippen LogP contribution in [0.15, 0.2) is 78.9 Å². The molecule has 4 rings (SSSR count). The Kier molecular flexibility index (Phi) is 3.90. The van der Waals surface area contributed by atoms with Crippen LogP contribution < -0.4 is 0 Å². The van der Waals surface area contributed by atoms with E-state index in [1.807, 2.05) is 72.8 Å². The predicted molar refractivity (Wildman–Crippen MR) is 97.4 cm³/mol. The van der Waals surface area contributed by atoms with E-state index in [2.05, 4.69) is 0 Å². The molecule has 0 saturated heterocycles. The van der Waals surface area contributed by atoms with Crippen LogP contribution in [-0.2, 0) is 6.42 Å². The lowest BCUT2D eigenvalue weighted by atomic mass is 9.97. The molecule has 122 valence electrons. The summed E-state index contributed by atoms with van der Waals surface area (Å²) >= 11 is 0. The highest BCUT2D eigenvalue weighted by atomic mass is 16.2. The second-order valence-electron chi connectivity index (χ2n) is 6.09. The van der Waals surface area contributed by atoms with E-state index < -0.39 is 0 Å². The standard InChI is InChI=1S/C22H17NO2/c24-21-19-13-7-12-18(17-10-5-2-6-11-17)20(19)22(25)23(21)15-14-16-8-3-1-4-9-16/h1-13H,14-15H2. The number of hydrogen-bond acceptors (Lipinski definition) is 2. The molecule has 0 bridgehead atoms. The number of fused-ring (bicyclic) bond motifs is 1. The Morgan fingerprint density at radius 3 is 2.00 bits per heavy atom. The lowest BCUT2D eigenvalue weighted by molar-refractivity contribution is 0.0656. The van der Waals surface area contributed by atoms with Gasteiger partial charge >= 0.3 is 0 Å². The van der Waals surface area contributed by atoms with Crippen molar-refractivity contribution >= 4 is 11.8 Å². The van der Waals surface area contributed by atoms with E-state index in [4.69, 9.17) is 0 Å². The molecule has 0 unspecified atom stereocenters. The van der Waals surface area contributed by atoms with Gasteiger partial charge in [0.25, 0.3) is 11.8 Å². The number of rotatable bonds is 4. The summed E-state index contributed by atoms with van der Waals surface area (Å²) in [6.07, 6.45) is 0.660. The van der Waals surface area contributed by atoms with Crippen molar-refractivity contribution in [3.63, 3.8) is 0 Å². The van der Waals surface area contributed by atoms with Crippen LogP contribution in [0.4, 0.5) is 0 Å². The van der Waals surface area contributed by atoms with E-state index in [1.54, 1.807) is 6.07 Å². The van der Waals surface area contributed by atoms with Crippen molar-refractivity contribution < 1.29 is 9.59 Å². The van der Waals surface area contributed by atoms with Gasteiger partial charge < -0.3 is 0 Å². The highest BCUT2D eigenvalue weighted by Crippen LogP contribution is 2.32. The maximum Gasteiger partial charge on any atom is 0.262 e. The molecule has 3 aromatic carbocycles. The fourth-order valence-electron chi connectivity index (χ4n) is 3.28. The van der Waals surface area contributed by atoms with Crippen LogP contribution in [-0.4, -0.2) is 23.3 Å². The fourth-order valence-corrected chi connectivity index (χ4v) is 3.28. The van der Waals surface area contributed by atoms with Crippen LogP contribution in [0.5, 0.6) is 0 Å². The van der Waals surface area contributed by atoms with Gasteiger partial charge in [0.2, 0.25) is 0 Å². The van der Waals surface area contributed by atoms with Crippen LogP contribution >= 0.6 is 0 Å². The predicted octanol–water partition coefficient (Wildman–Crippen LogP) is 4.19. The minimum Gasteiger partial charge on any atom is -0.274 e. The average molecular weight is 327 g/mol. The maximum atomic E-state index is 12.9. The molecule has 1 aliphatic heterocycles. The molecule has 0 aromatic heterocycles. The minimum atomic E-state index is -0.200. The Bertz CT molecular complexity index is 933. The number of benzene rings is 3. The normalized spacial score (nSPS) is 13.2. The molecule has 0 fully saturated rings. The summed E-state index contributed by atoms with van der Waals surface area (Å²) < 4.78 is 0. The quantitative estimate of drug-likeness (QED) is 0.674. The van der Waals surface area contributed by atoms with E-state index in [1.165, 1.54) is 4.90 Å². The Morgan fingerprint density at radius 2 is 1.28 bits per heavy atom. The first-order chi connectivity index (χ1) is 12.3. The van der Waals surface area contributed by atoms with Crippen molar-refractivity contribution in [3.05, 3.63) is 95.6 Å². The molecule has 25 heavy (non-hydrogen) atoms. The van der Waals surface area contributed by atoms with E-state index in [0.29, 0.717) is 24.1 Å². The van der Waals surface area contributed by atoms with Gasteiger partial charge in [0, 0.05) is 6.54 Å². The first kappa shape index (κ1) is 15.3. The Hall–Kier alpha value is -3.20. The molecule has 3 aromatic rings. The second-order valence-corrected chi connectivity index (χ2v) is 6.09. The monoisotopic (exact) mass is 327 g/mol. The SMILES string of the molecule is O=C1c2cccc(-c3ccccc3)c2C(=O)N1CCc1ccccc1. The molecule has 3 heteroatoms. The number of hydrogen-bond donors (Lipinski definition) is 0. The molecule has 2 amide bonds. The zero-order valence-corrected chi connectivity index (χ0v) is 13.7. The summed E-state index contributed by atoms with van der Waals surface area (Å²) in [5, 5.41) is 0. The van der Waals surface area contributed by atoms with Gasteiger partial charge in [-0.25, -0.2) is 0 Å². The topological polar surface area (TPSA) is 37.4 Å². The van der Waals surface area contributed by atoms with Gasteiger partial charge in [-0.05, 0) is 29.2 Å². The number of carbonyl (C=O) groups excluding carboxylic acids is 2. The molecular weight excluding hydrogens is 310 g/mol. The highest BCUT2D eigenvalue weighted by molar-refractivity contribution is 6.24. The molecule has 0 aliphatic carbocycles. The Balaban J connectivity index is 1.66. The van der Waals surface area contributed by atoms with E-state index in [0.717, 1.165) is 16.7 Å². The van der Waals surface area contributed by atoms with Gasteiger partial charge in [0.15, 0.2) is 0 Å². The third-order valence-electron chi connectivity index (χ3n) is 4.55. The summed E-state index contributed by atoms with van der Waals surface area (Å²) in [5.41, 5.74) is 3.90. The van der Waals surface area contributed by atoms with Crippen molar-refractivity contribution in [1.29, 1.82) is 0 Å². The fraction of sp³-hybridized carbons (Fsp3) is 0.0909. The molecule has 0 spiro atoms. The van der Waals surface area contributed by atoms with E-state index in [-0.39, 0.29) is 11.8 Å². The van der Waals surface area contributed by atoms with Crippen LogP contribution in [0.1, 0.15) is 26.3 Å². The van der Waals surface area contributed by atoms with Gasteiger partial charge in [-0.1, -0.05) is 72.8 Å². The largest absolute Gasteiger partial charge is 0.274 e. The third-order valence-corrected chi connectivity index (χ3v) is 4.55. The maximum absolute atomic E-state index is 12.9. The number of carbonyl (C=O) groups is 2. The Morgan fingerprint density at radius 1 is 0.640 bits per heavy atom. The van der Waals surface area contributed by atoms with Gasteiger partial charge in [-0.15, -0.1) is 0 Å². The third kappa shape index (κ3) is 2.74. The summed E-state index contributed by atoms with van der Waals surface area (Å²) in [5.74, 6) is -0.399. The molecule has 0 atom stereocenters. The van der Waals surface area contributed by atoms with Crippen molar-refractivity contribution in [3.8, 4) is 11.1 Å². The van der Waals surface area contributed by atoms with Gasteiger partial charge in [0.1, 0.15) is 0 Å². The molecule has 0 radical (unpaired) electrons. The number of nitrogens with zero attached hydrogens (tertiary/aromatic N) is 1. The molecule has 1 aliphatic rings. The number of imide groups is 1. The smallest absolute Gasteiger partial charge is 0.262 e. The van der Waals surface area contributed by atoms with Crippen LogP contribution in [0.2, 0.25) is 0 Å². The first-order valence-corrected chi connectivity index (χ1v) is 8.34. The van der Waals surface area contributed by atoms with E-state index >= 15 is 0 Å². The summed E-state index contributed by atoms with van der Waals surface area (Å²) in [4.78, 5) is 27.0. The van der Waals surface area contributed by atoms with Gasteiger partial charge in [-0.2, -0.15) is 0 Å². The van der Waals surface area contributed by atoms with Crippen molar-refractivity contribution in [1.82, 2.24) is 4.90 Å². The molecule has 3 nitrogen and oxygen atoms in total. The Labute approximate surface area is 146 Å². The zero-order chi connectivity index (χ0) is 17.2. The van der Waals surface area contributed by atoms with Crippen molar-refractivity contribution in [2.24, 2.45) is 0 Å². The van der Waals surface area contributed by atoms with Crippen molar-refractivity contribution in [2.75, 3.05) is 6.54 Å². The second kappa shape index (κ2) is 6.36. The van der Waals surface area contributed by atoms with Crippen LogP contribution in [0, 0.1) is 0 Å². The minimum absolute atomic E-state index is 0.199. The zero-order valence-electron chi connectivity index (χ0n) is 13.7. The lowest BCUT2D eigenvalue weighted by Gasteiger charge is -2.14. The van der Waals surface area contributed by atoms with Crippen molar-refractivity contribution in [2.45, 2.75) is 6.42 Å². The first-order valence-electron chi connectivity index (χ1n) is 8.34. The molecule has 0 saturated carbocycles. The highest BCUT2D eigenvalue weighted by Gasteiger charge is 2.37. The molecule has 0 N–H and O–H groups in total.